The number of anilines is 2. The summed E-state index contributed by atoms with van der Waals surface area (Å²) in [7, 11) is 1.60. The van der Waals surface area contributed by atoms with Crippen LogP contribution in [-0.2, 0) is 9.53 Å². The average Bonchev–Trinajstić information content (AvgIpc) is 3.23. The molecule has 0 radical (unpaired) electrons. The highest BCUT2D eigenvalue weighted by Crippen LogP contribution is 2.42. The number of fused-ring (bicyclic) bond motifs is 2. The molecule has 184 valence electrons. The van der Waals surface area contributed by atoms with Crippen LogP contribution in [0.3, 0.4) is 0 Å². The fourth-order valence-corrected chi connectivity index (χ4v) is 5.20. The summed E-state index contributed by atoms with van der Waals surface area (Å²) in [5.74, 6) is 1.34. The van der Waals surface area contributed by atoms with Crippen molar-refractivity contribution in [1.29, 1.82) is 0 Å². The van der Waals surface area contributed by atoms with E-state index in [1.54, 1.807) is 30.3 Å². The van der Waals surface area contributed by atoms with E-state index in [9.17, 15) is 9.59 Å². The second-order valence-electron chi connectivity index (χ2n) is 9.47. The van der Waals surface area contributed by atoms with Crippen LogP contribution in [0, 0.1) is 5.92 Å². The molecule has 4 heterocycles. The molecule has 0 atom stereocenters. The molecule has 1 saturated carbocycles. The predicted molar refractivity (Wildman–Crippen MR) is 134 cm³/mol. The third-order valence-corrected chi connectivity index (χ3v) is 7.17. The molecule has 2 fully saturated rings. The van der Waals surface area contributed by atoms with E-state index in [1.807, 2.05) is 24.3 Å². The van der Waals surface area contributed by atoms with Crippen LogP contribution in [-0.4, -0.2) is 47.8 Å². The standard InChI is InChI=1S/C27H26N4O5/c1-34-24-7-5-20-25(30-24)18(10-13-28-20)3-2-17-8-11-27(12-9-17)16-31(26(33)36-27)19-4-6-22-21(14-19)29-23(32)15-35-22/h2-7,10,13-14,17H,8-9,11-12,15-16H2,1H3,(H,29,32). The van der Waals surface area contributed by atoms with Gasteiger partial charge in [-0.3, -0.25) is 14.7 Å². The van der Waals surface area contributed by atoms with Gasteiger partial charge in [0.05, 0.1) is 30.4 Å². The number of hydrogen-bond acceptors (Lipinski definition) is 7. The van der Waals surface area contributed by atoms with E-state index in [4.69, 9.17) is 14.2 Å². The van der Waals surface area contributed by atoms with Crippen molar-refractivity contribution in [3.05, 3.63) is 54.2 Å². The molecule has 9 heteroatoms. The normalized spacial score (nSPS) is 23.5. The van der Waals surface area contributed by atoms with Crippen LogP contribution in [0.2, 0.25) is 0 Å². The first-order valence-corrected chi connectivity index (χ1v) is 12.1. The fraction of sp³-hybridized carbons (Fsp3) is 0.333. The first kappa shape index (κ1) is 22.3. The first-order valence-electron chi connectivity index (χ1n) is 12.1. The lowest BCUT2D eigenvalue weighted by molar-refractivity contribution is -0.118. The van der Waals surface area contributed by atoms with Gasteiger partial charge in [0, 0.05) is 23.5 Å². The minimum Gasteiger partial charge on any atom is -0.482 e. The highest BCUT2D eigenvalue weighted by molar-refractivity contribution is 5.97. The molecule has 1 N–H and O–H groups in total. The number of allylic oxidation sites excluding steroid dienone is 1. The number of pyridine rings is 2. The molecule has 1 aromatic carbocycles. The lowest BCUT2D eigenvalue weighted by Crippen LogP contribution is -2.38. The Balaban J connectivity index is 1.13. The van der Waals surface area contributed by atoms with Crippen molar-refractivity contribution in [3.8, 4) is 11.6 Å². The van der Waals surface area contributed by atoms with Gasteiger partial charge in [0.1, 0.15) is 11.4 Å². The molecule has 3 aromatic rings. The van der Waals surface area contributed by atoms with Gasteiger partial charge in [0.25, 0.3) is 5.91 Å². The van der Waals surface area contributed by atoms with Crippen LogP contribution in [0.5, 0.6) is 11.6 Å². The van der Waals surface area contributed by atoms with E-state index in [1.165, 1.54) is 0 Å². The minimum atomic E-state index is -0.491. The smallest absolute Gasteiger partial charge is 0.415 e. The maximum absolute atomic E-state index is 12.8. The zero-order chi connectivity index (χ0) is 24.7. The summed E-state index contributed by atoms with van der Waals surface area (Å²) < 4.78 is 16.6. The quantitative estimate of drug-likeness (QED) is 0.576. The molecule has 3 aliphatic rings. The largest absolute Gasteiger partial charge is 0.482 e. The summed E-state index contributed by atoms with van der Waals surface area (Å²) in [5.41, 5.74) is 3.41. The predicted octanol–water partition coefficient (Wildman–Crippen LogP) is 4.57. The number of carbonyl (C=O) groups excluding carboxylic acids is 2. The van der Waals surface area contributed by atoms with Crippen molar-refractivity contribution < 1.29 is 23.8 Å². The Morgan fingerprint density at radius 1 is 1.17 bits per heavy atom. The van der Waals surface area contributed by atoms with Crippen molar-refractivity contribution in [1.82, 2.24) is 9.97 Å². The lowest BCUT2D eigenvalue weighted by Gasteiger charge is -2.34. The van der Waals surface area contributed by atoms with Gasteiger partial charge in [-0.15, -0.1) is 0 Å². The van der Waals surface area contributed by atoms with E-state index < -0.39 is 5.60 Å². The van der Waals surface area contributed by atoms with Crippen molar-refractivity contribution in [3.63, 3.8) is 0 Å². The maximum Gasteiger partial charge on any atom is 0.415 e. The van der Waals surface area contributed by atoms with Gasteiger partial charge >= 0.3 is 6.09 Å². The number of nitrogens with one attached hydrogen (secondary N) is 1. The molecule has 2 amide bonds. The van der Waals surface area contributed by atoms with Crippen molar-refractivity contribution in [2.45, 2.75) is 31.3 Å². The number of carbonyl (C=O) groups is 2. The molecule has 2 aliphatic heterocycles. The van der Waals surface area contributed by atoms with Crippen molar-refractivity contribution in [2.24, 2.45) is 5.92 Å². The number of benzene rings is 1. The number of rotatable bonds is 4. The summed E-state index contributed by atoms with van der Waals surface area (Å²) >= 11 is 0. The molecule has 9 nitrogen and oxygen atoms in total. The van der Waals surface area contributed by atoms with Crippen LogP contribution in [0.4, 0.5) is 16.2 Å². The molecule has 1 spiro atoms. The molecule has 6 rings (SSSR count). The Kier molecular flexibility index (Phi) is 5.47. The van der Waals surface area contributed by atoms with E-state index in [0.717, 1.165) is 42.3 Å². The monoisotopic (exact) mass is 486 g/mol. The summed E-state index contributed by atoms with van der Waals surface area (Å²) in [6, 6.07) is 11.0. The van der Waals surface area contributed by atoms with E-state index in [-0.39, 0.29) is 18.6 Å². The number of nitrogens with zero attached hydrogens (tertiary/aromatic N) is 3. The highest BCUT2D eigenvalue weighted by Gasteiger charge is 2.47. The second-order valence-corrected chi connectivity index (χ2v) is 9.47. The van der Waals surface area contributed by atoms with Gasteiger partial charge in [-0.2, -0.15) is 0 Å². The van der Waals surface area contributed by atoms with E-state index in [2.05, 4.69) is 27.4 Å². The Hall–Kier alpha value is -4.14. The zero-order valence-corrected chi connectivity index (χ0v) is 19.9. The Bertz CT molecular complexity index is 1380. The highest BCUT2D eigenvalue weighted by atomic mass is 16.6. The molecule has 2 aromatic heterocycles. The molecular weight excluding hydrogens is 460 g/mol. The number of ether oxygens (including phenoxy) is 3. The van der Waals surface area contributed by atoms with Crippen LogP contribution in [0.25, 0.3) is 17.1 Å². The first-order chi connectivity index (χ1) is 17.5. The third kappa shape index (κ3) is 4.10. The number of methoxy groups -OCH3 is 1. The van der Waals surface area contributed by atoms with Crippen LogP contribution in [0.1, 0.15) is 31.2 Å². The molecule has 0 unspecified atom stereocenters. The van der Waals surface area contributed by atoms with Crippen LogP contribution < -0.4 is 19.7 Å². The average molecular weight is 487 g/mol. The summed E-state index contributed by atoms with van der Waals surface area (Å²) in [6.45, 7) is 0.494. The van der Waals surface area contributed by atoms with E-state index >= 15 is 0 Å². The Morgan fingerprint density at radius 2 is 2.03 bits per heavy atom. The summed E-state index contributed by atoms with van der Waals surface area (Å²) in [6.07, 6.45) is 9.19. The van der Waals surface area contributed by atoms with Gasteiger partial charge in [0.2, 0.25) is 5.88 Å². The number of aromatic nitrogens is 2. The summed E-state index contributed by atoms with van der Waals surface area (Å²) in [4.78, 5) is 35.1. The van der Waals surface area contributed by atoms with Crippen LogP contribution >= 0.6 is 0 Å². The number of hydrogen-bond donors (Lipinski definition) is 1. The third-order valence-electron chi connectivity index (χ3n) is 7.17. The van der Waals surface area contributed by atoms with Gasteiger partial charge in [-0.25, -0.2) is 9.78 Å². The zero-order valence-electron chi connectivity index (χ0n) is 19.9. The molecular formula is C27H26N4O5. The maximum atomic E-state index is 12.8. The molecule has 36 heavy (non-hydrogen) atoms. The molecule has 1 saturated heterocycles. The van der Waals surface area contributed by atoms with Gasteiger partial charge in [-0.05, 0) is 61.9 Å². The topological polar surface area (TPSA) is 103 Å². The lowest BCUT2D eigenvalue weighted by atomic mass is 9.78. The van der Waals surface area contributed by atoms with Crippen molar-refractivity contribution >= 4 is 40.5 Å². The fourth-order valence-electron chi connectivity index (χ4n) is 5.20. The second kappa shape index (κ2) is 8.82. The Morgan fingerprint density at radius 3 is 2.86 bits per heavy atom. The van der Waals surface area contributed by atoms with Gasteiger partial charge in [0.15, 0.2) is 6.61 Å². The van der Waals surface area contributed by atoms with Gasteiger partial charge in [-0.1, -0.05) is 12.2 Å². The Labute approximate surface area is 208 Å². The number of amides is 2. The van der Waals surface area contributed by atoms with E-state index in [0.29, 0.717) is 35.5 Å². The molecule has 1 aliphatic carbocycles. The van der Waals surface area contributed by atoms with Gasteiger partial charge < -0.3 is 19.5 Å². The van der Waals surface area contributed by atoms with Crippen LogP contribution in [0.15, 0.2) is 48.7 Å². The van der Waals surface area contributed by atoms with Crippen molar-refractivity contribution in [2.75, 3.05) is 30.5 Å². The molecule has 0 bridgehead atoms. The minimum absolute atomic E-state index is 0.00107. The SMILES string of the molecule is COc1ccc2nccc(C=CC3CCC4(CC3)CN(c3ccc5c(c3)NC(=O)CO5)C(=O)O4)c2n1. The summed E-state index contributed by atoms with van der Waals surface area (Å²) in [5, 5.41) is 2.79.